The molecular weight excluding hydrogens is 903 g/mol. The van der Waals surface area contributed by atoms with Gasteiger partial charge < -0.3 is 18.3 Å². The van der Waals surface area contributed by atoms with Crippen molar-refractivity contribution in [2.45, 2.75) is 0 Å². The largest absolute Gasteiger partial charge is 0.309 e. The van der Waals surface area contributed by atoms with Gasteiger partial charge in [-0.1, -0.05) is 146 Å². The SMILES string of the molecule is N#Cc1ccc(-n2c3ccccc3c3ccccc32)c(-c2nc(-c3cc(C#N)ccc3-n3c4ccccc4c4ccccc43)c(-n3c4ccccc4c4ccccc43)cc2-n2c3ccccc3c3ccccc32)c1. The van der Waals surface area contributed by atoms with E-state index in [2.05, 4.69) is 243 Å². The van der Waals surface area contributed by atoms with Crippen LogP contribution < -0.4 is 0 Å². The van der Waals surface area contributed by atoms with Gasteiger partial charge in [0, 0.05) is 54.2 Å². The van der Waals surface area contributed by atoms with Crippen molar-refractivity contribution in [2.75, 3.05) is 0 Å². The van der Waals surface area contributed by atoms with E-state index < -0.39 is 0 Å². The Bertz CT molecular complexity index is 4430. The van der Waals surface area contributed by atoms with E-state index in [1.54, 1.807) is 0 Å². The predicted molar refractivity (Wildman–Crippen MR) is 302 cm³/mol. The van der Waals surface area contributed by atoms with Gasteiger partial charge in [0.2, 0.25) is 0 Å². The summed E-state index contributed by atoms with van der Waals surface area (Å²) in [6.45, 7) is 0. The first-order valence-corrected chi connectivity index (χ1v) is 24.7. The molecule has 0 saturated heterocycles. The van der Waals surface area contributed by atoms with Crippen LogP contribution in [-0.4, -0.2) is 23.3 Å². The molecule has 0 unspecified atom stereocenters. The average molecular weight is 942 g/mol. The molecule has 74 heavy (non-hydrogen) atoms. The van der Waals surface area contributed by atoms with E-state index in [9.17, 15) is 10.5 Å². The van der Waals surface area contributed by atoms with E-state index in [-0.39, 0.29) is 0 Å². The van der Waals surface area contributed by atoms with Crippen molar-refractivity contribution in [1.29, 1.82) is 10.5 Å². The highest BCUT2D eigenvalue weighted by atomic mass is 15.1. The summed E-state index contributed by atoms with van der Waals surface area (Å²) in [4.78, 5) is 6.18. The molecule has 7 nitrogen and oxygen atoms in total. The number of hydrogen-bond donors (Lipinski definition) is 0. The van der Waals surface area contributed by atoms with E-state index in [1.807, 2.05) is 24.3 Å². The quantitative estimate of drug-likeness (QED) is 0.167. The number of fused-ring (bicyclic) bond motifs is 12. The van der Waals surface area contributed by atoms with Gasteiger partial charge in [-0.25, -0.2) is 4.98 Å². The summed E-state index contributed by atoms with van der Waals surface area (Å²) < 4.78 is 9.34. The van der Waals surface area contributed by atoms with Crippen molar-refractivity contribution < 1.29 is 0 Å². The molecule has 5 heterocycles. The molecular formula is C67H39N7. The van der Waals surface area contributed by atoms with Crippen LogP contribution in [0.15, 0.2) is 237 Å². The Morgan fingerprint density at radius 2 is 0.486 bits per heavy atom. The number of aromatic nitrogens is 5. The van der Waals surface area contributed by atoms with Crippen molar-refractivity contribution >= 4 is 87.2 Å². The van der Waals surface area contributed by atoms with Crippen LogP contribution in [0.3, 0.4) is 0 Å². The Kier molecular flexibility index (Phi) is 8.95. The number of nitrogens with zero attached hydrogens (tertiary/aromatic N) is 7. The highest BCUT2D eigenvalue weighted by Crippen LogP contribution is 2.46. The van der Waals surface area contributed by atoms with E-state index >= 15 is 0 Å². The lowest BCUT2D eigenvalue weighted by Crippen LogP contribution is -2.09. The molecule has 0 spiro atoms. The van der Waals surface area contributed by atoms with Gasteiger partial charge in [-0.15, -0.1) is 0 Å². The maximum absolute atomic E-state index is 10.9. The molecule has 0 aliphatic heterocycles. The molecule has 15 rings (SSSR count). The molecule has 0 atom stereocenters. The van der Waals surface area contributed by atoms with Gasteiger partial charge in [-0.3, -0.25) is 0 Å². The monoisotopic (exact) mass is 941 g/mol. The Morgan fingerprint density at radius 1 is 0.257 bits per heavy atom. The lowest BCUT2D eigenvalue weighted by molar-refractivity contribution is 1.08. The molecule has 0 bridgehead atoms. The molecule has 0 aliphatic rings. The molecule has 7 heteroatoms. The first-order valence-electron chi connectivity index (χ1n) is 24.7. The molecule has 15 aromatic rings. The first kappa shape index (κ1) is 41.3. The minimum absolute atomic E-state index is 0.505. The van der Waals surface area contributed by atoms with Gasteiger partial charge in [0.15, 0.2) is 0 Å². The topological polar surface area (TPSA) is 80.2 Å². The van der Waals surface area contributed by atoms with Crippen LogP contribution in [0.4, 0.5) is 0 Å². The Balaban J connectivity index is 1.18. The zero-order valence-electron chi connectivity index (χ0n) is 39.6. The van der Waals surface area contributed by atoms with Crippen molar-refractivity contribution in [3.8, 4) is 57.4 Å². The second-order valence-electron chi connectivity index (χ2n) is 18.9. The molecule has 0 fully saturated rings. The van der Waals surface area contributed by atoms with E-state index in [0.717, 1.165) is 121 Å². The van der Waals surface area contributed by atoms with Crippen molar-refractivity contribution in [3.63, 3.8) is 0 Å². The van der Waals surface area contributed by atoms with Crippen LogP contribution in [0, 0.1) is 22.7 Å². The first-order chi connectivity index (χ1) is 36.7. The standard InChI is InChI=1S/C67H39N7/c68-40-42-33-35-62(71-54-25-9-1-17-44(54)45-18-2-10-26-55(45)71)52(37-42)66-64(73-58-29-13-5-21-48(58)49-22-6-14-30-59(49)73)39-65(74-60-31-15-7-23-50(60)51-24-8-16-32-61(51)74)67(70-66)53-38-43(41-69)34-36-63(53)72-56-27-11-3-19-46(56)47-20-4-12-28-57(47)72/h1-39H. The Hall–Kier alpha value is -10.5. The molecule has 0 amide bonds. The van der Waals surface area contributed by atoms with Crippen LogP contribution in [0.2, 0.25) is 0 Å². The Morgan fingerprint density at radius 3 is 0.730 bits per heavy atom. The number of nitriles is 2. The third kappa shape index (κ3) is 5.90. The maximum Gasteiger partial charge on any atom is 0.0991 e. The van der Waals surface area contributed by atoms with Crippen LogP contribution >= 0.6 is 0 Å². The van der Waals surface area contributed by atoms with Crippen molar-refractivity contribution in [3.05, 3.63) is 248 Å². The normalized spacial score (nSPS) is 11.8. The molecule has 0 aliphatic carbocycles. The number of para-hydroxylation sites is 8. The Labute approximate surface area is 424 Å². The zero-order chi connectivity index (χ0) is 49.0. The lowest BCUT2D eigenvalue weighted by Gasteiger charge is -2.23. The third-order valence-electron chi connectivity index (χ3n) is 15.0. The fourth-order valence-electron chi connectivity index (χ4n) is 11.9. The van der Waals surface area contributed by atoms with Crippen LogP contribution in [-0.2, 0) is 0 Å². The van der Waals surface area contributed by atoms with Gasteiger partial charge in [0.1, 0.15) is 0 Å². The third-order valence-corrected chi connectivity index (χ3v) is 15.0. The molecule has 0 N–H and O–H groups in total. The minimum atomic E-state index is 0.505. The number of rotatable bonds is 6. The summed E-state index contributed by atoms with van der Waals surface area (Å²) in [6.07, 6.45) is 0. The van der Waals surface area contributed by atoms with Crippen molar-refractivity contribution in [2.24, 2.45) is 0 Å². The smallest absolute Gasteiger partial charge is 0.0991 e. The second kappa shape index (κ2) is 16.0. The lowest BCUT2D eigenvalue weighted by atomic mass is 9.99. The number of pyridine rings is 1. The fraction of sp³-hybridized carbons (Fsp3) is 0. The van der Waals surface area contributed by atoms with Gasteiger partial charge >= 0.3 is 0 Å². The summed E-state index contributed by atoms with van der Waals surface area (Å²) in [6, 6.07) is 87.6. The summed E-state index contributed by atoms with van der Waals surface area (Å²) in [7, 11) is 0. The van der Waals surface area contributed by atoms with Gasteiger partial charge in [0.05, 0.1) is 102 Å². The summed E-state index contributed by atoms with van der Waals surface area (Å²) in [5, 5.41) is 30.7. The minimum Gasteiger partial charge on any atom is -0.309 e. The molecule has 0 saturated carbocycles. The fourth-order valence-corrected chi connectivity index (χ4v) is 11.9. The van der Waals surface area contributed by atoms with Crippen LogP contribution in [0.25, 0.3) is 132 Å². The highest BCUT2D eigenvalue weighted by molar-refractivity contribution is 6.14. The maximum atomic E-state index is 10.9. The summed E-state index contributed by atoms with van der Waals surface area (Å²) >= 11 is 0. The van der Waals surface area contributed by atoms with Crippen LogP contribution in [0.1, 0.15) is 11.1 Å². The zero-order valence-corrected chi connectivity index (χ0v) is 39.6. The van der Waals surface area contributed by atoms with Crippen LogP contribution in [0.5, 0.6) is 0 Å². The van der Waals surface area contributed by atoms with Gasteiger partial charge in [0.25, 0.3) is 0 Å². The van der Waals surface area contributed by atoms with E-state index in [0.29, 0.717) is 22.5 Å². The van der Waals surface area contributed by atoms with E-state index in [4.69, 9.17) is 4.98 Å². The molecule has 342 valence electrons. The second-order valence-corrected chi connectivity index (χ2v) is 18.9. The van der Waals surface area contributed by atoms with Gasteiger partial charge in [-0.05, 0) is 91.0 Å². The van der Waals surface area contributed by atoms with E-state index in [1.165, 1.54) is 0 Å². The number of benzene rings is 10. The van der Waals surface area contributed by atoms with Crippen molar-refractivity contribution in [1.82, 2.24) is 23.3 Å². The van der Waals surface area contributed by atoms with Gasteiger partial charge in [-0.2, -0.15) is 10.5 Å². The molecule has 5 aromatic heterocycles. The number of hydrogen-bond acceptors (Lipinski definition) is 3. The summed E-state index contributed by atoms with van der Waals surface area (Å²) in [5.74, 6) is 0. The predicted octanol–water partition coefficient (Wildman–Crippen LogP) is 16.5. The average Bonchev–Trinajstić information content (AvgIpc) is 4.21. The highest BCUT2D eigenvalue weighted by Gasteiger charge is 2.28. The molecule has 0 radical (unpaired) electrons. The summed E-state index contributed by atoms with van der Waals surface area (Å²) in [5.41, 5.74) is 15.5. The molecule has 10 aromatic carbocycles.